The molecule has 2 nitrogen and oxygen atoms in total. The highest BCUT2D eigenvalue weighted by atomic mass is 32.2. The maximum atomic E-state index is 3.63. The molecule has 3 aromatic carbocycles. The van der Waals surface area contributed by atoms with Crippen LogP contribution in [-0.2, 0) is 0 Å². The van der Waals surface area contributed by atoms with Gasteiger partial charge < -0.3 is 0 Å². The fraction of sp³-hybridized carbons (Fsp3) is 0.182. The summed E-state index contributed by atoms with van der Waals surface area (Å²) in [6.07, 6.45) is 0. The van der Waals surface area contributed by atoms with Crippen molar-refractivity contribution < 1.29 is 0 Å². The first-order valence-electron chi connectivity index (χ1n) is 8.91. The number of rotatable bonds is 4. The van der Waals surface area contributed by atoms with Crippen LogP contribution in [0.3, 0.4) is 0 Å². The van der Waals surface area contributed by atoms with Gasteiger partial charge in [0.25, 0.3) is 0 Å². The van der Waals surface area contributed by atoms with Crippen LogP contribution < -0.4 is 20.6 Å². The quantitative estimate of drug-likeness (QED) is 0.542. The van der Waals surface area contributed by atoms with Crippen LogP contribution in [0.1, 0.15) is 13.8 Å². The molecule has 4 heteroatoms. The molecule has 1 aliphatic heterocycles. The Kier molecular flexibility index (Phi) is 4.90. The van der Waals surface area contributed by atoms with Gasteiger partial charge in [-0.1, -0.05) is 58.7 Å². The number of nitrogens with one attached hydrogen (secondary N) is 1. The van der Waals surface area contributed by atoms with E-state index in [1.165, 1.54) is 15.9 Å². The van der Waals surface area contributed by atoms with Gasteiger partial charge in [0.2, 0.25) is 0 Å². The van der Waals surface area contributed by atoms with Gasteiger partial charge in [0.15, 0.2) is 7.41 Å². The molecule has 1 heterocycles. The zero-order valence-corrected chi connectivity index (χ0v) is 16.9. The summed E-state index contributed by atoms with van der Waals surface area (Å²) >= 11 is 1.77. The van der Waals surface area contributed by atoms with E-state index in [9.17, 15) is 0 Å². The lowest BCUT2D eigenvalue weighted by Gasteiger charge is -2.33. The molecule has 1 N–H and O–H groups in total. The van der Waals surface area contributed by atoms with Crippen LogP contribution in [-0.4, -0.2) is 16.2 Å². The van der Waals surface area contributed by atoms with E-state index in [0.29, 0.717) is 0 Å². The van der Waals surface area contributed by atoms with Gasteiger partial charge in [0.1, 0.15) is 15.9 Å². The zero-order valence-electron chi connectivity index (χ0n) is 15.2. The lowest BCUT2D eigenvalue weighted by atomic mass is 10.1. The smallest absolute Gasteiger partial charge is 0.193 e. The van der Waals surface area contributed by atoms with Gasteiger partial charge in [-0.2, -0.15) is 0 Å². The SMILES string of the molecule is CC1(C)CN([P+](c2ccccc2)(c2ccccc2)c2ccccc2)SN1. The molecule has 0 aromatic heterocycles. The van der Waals surface area contributed by atoms with Crippen molar-refractivity contribution in [3.63, 3.8) is 0 Å². The highest BCUT2D eigenvalue weighted by molar-refractivity contribution is 8.08. The van der Waals surface area contributed by atoms with E-state index in [-0.39, 0.29) is 5.54 Å². The van der Waals surface area contributed by atoms with Gasteiger partial charge in [0.05, 0.1) is 6.54 Å². The van der Waals surface area contributed by atoms with Crippen LogP contribution in [0.15, 0.2) is 91.0 Å². The molecular formula is C22H24N2PS+. The Morgan fingerprint density at radius 2 is 1.12 bits per heavy atom. The minimum Gasteiger partial charge on any atom is -0.241 e. The molecule has 0 amide bonds. The van der Waals surface area contributed by atoms with Gasteiger partial charge >= 0.3 is 0 Å². The maximum Gasteiger partial charge on any atom is 0.193 e. The normalized spacial score (nSPS) is 17.3. The summed E-state index contributed by atoms with van der Waals surface area (Å²) in [6, 6.07) is 33.0. The Bertz CT molecular complexity index is 756. The number of hydrogen-bond acceptors (Lipinski definition) is 3. The van der Waals surface area contributed by atoms with Crippen LogP contribution >= 0.6 is 19.5 Å². The number of nitrogens with zero attached hydrogens (tertiary/aromatic N) is 1. The molecule has 1 fully saturated rings. The van der Waals surface area contributed by atoms with Gasteiger partial charge in [-0.15, -0.1) is 0 Å². The average Bonchev–Trinajstić information content (AvgIpc) is 3.05. The van der Waals surface area contributed by atoms with Gasteiger partial charge in [-0.25, -0.2) is 4.72 Å². The van der Waals surface area contributed by atoms with E-state index < -0.39 is 7.41 Å². The van der Waals surface area contributed by atoms with Crippen LogP contribution in [0, 0.1) is 0 Å². The fourth-order valence-corrected chi connectivity index (χ4v) is 9.82. The highest BCUT2D eigenvalue weighted by Crippen LogP contribution is 2.63. The molecule has 0 bridgehead atoms. The van der Waals surface area contributed by atoms with Crippen molar-refractivity contribution in [2.24, 2.45) is 0 Å². The molecule has 1 saturated heterocycles. The van der Waals surface area contributed by atoms with Gasteiger partial charge in [-0.05, 0) is 50.2 Å². The van der Waals surface area contributed by atoms with Crippen LogP contribution in [0.4, 0.5) is 0 Å². The van der Waals surface area contributed by atoms with E-state index in [1.54, 1.807) is 12.1 Å². The molecule has 132 valence electrons. The predicted octanol–water partition coefficient (Wildman–Crippen LogP) is 4.14. The lowest BCUT2D eigenvalue weighted by Crippen LogP contribution is -2.42. The van der Waals surface area contributed by atoms with Crippen molar-refractivity contribution in [1.82, 2.24) is 8.80 Å². The van der Waals surface area contributed by atoms with Crippen molar-refractivity contribution in [3.05, 3.63) is 91.0 Å². The summed E-state index contributed by atoms with van der Waals surface area (Å²) < 4.78 is 6.24. The monoisotopic (exact) mass is 379 g/mol. The second-order valence-corrected chi connectivity index (χ2v) is 11.6. The Hall–Kier alpha value is -1.64. The molecule has 0 saturated carbocycles. The Morgan fingerprint density at radius 3 is 1.42 bits per heavy atom. The van der Waals surface area contributed by atoms with Gasteiger partial charge in [-0.3, -0.25) is 0 Å². The minimum absolute atomic E-state index is 0.0776. The van der Waals surface area contributed by atoms with Crippen molar-refractivity contribution in [3.8, 4) is 0 Å². The lowest BCUT2D eigenvalue weighted by molar-refractivity contribution is 0.470. The van der Waals surface area contributed by atoms with E-state index in [2.05, 4.69) is 114 Å². The molecule has 0 unspecified atom stereocenters. The van der Waals surface area contributed by atoms with E-state index >= 15 is 0 Å². The van der Waals surface area contributed by atoms with Crippen LogP contribution in [0.25, 0.3) is 0 Å². The molecule has 4 rings (SSSR count). The fourth-order valence-electron chi connectivity index (χ4n) is 3.51. The summed E-state index contributed by atoms with van der Waals surface area (Å²) in [5.41, 5.74) is 0.0776. The summed E-state index contributed by atoms with van der Waals surface area (Å²) in [5, 5.41) is 4.18. The minimum atomic E-state index is -1.95. The summed E-state index contributed by atoms with van der Waals surface area (Å²) in [7, 11) is -1.95. The molecule has 0 aliphatic carbocycles. The third kappa shape index (κ3) is 3.10. The summed E-state index contributed by atoms with van der Waals surface area (Å²) in [5.74, 6) is 0. The van der Waals surface area contributed by atoms with E-state index in [4.69, 9.17) is 0 Å². The largest absolute Gasteiger partial charge is 0.241 e. The molecule has 0 atom stereocenters. The van der Waals surface area contributed by atoms with Gasteiger partial charge in [0, 0.05) is 17.7 Å². The Labute approximate surface area is 161 Å². The van der Waals surface area contributed by atoms with Crippen molar-refractivity contribution >= 4 is 35.5 Å². The number of benzene rings is 3. The van der Waals surface area contributed by atoms with Crippen molar-refractivity contribution in [1.29, 1.82) is 0 Å². The van der Waals surface area contributed by atoms with Crippen LogP contribution in [0.2, 0.25) is 0 Å². The molecular weight excluding hydrogens is 355 g/mol. The second kappa shape index (κ2) is 7.17. The molecule has 3 aromatic rings. The Morgan fingerprint density at radius 1 is 0.731 bits per heavy atom. The predicted molar refractivity (Wildman–Crippen MR) is 117 cm³/mol. The topological polar surface area (TPSA) is 15.3 Å². The molecule has 1 aliphatic rings. The first-order chi connectivity index (χ1) is 12.6. The summed E-state index contributed by atoms with van der Waals surface area (Å²) in [4.78, 5) is 0. The standard InChI is InChI=1S/C22H24N2PS/c1-22(2)18-24(26-23-22)25(19-12-6-3-7-13-19,20-14-8-4-9-15-20)21-16-10-5-11-17-21/h3-17,23H,18H2,1-2H3/q+1. The van der Waals surface area contributed by atoms with E-state index in [1.807, 2.05) is 0 Å². The molecule has 0 radical (unpaired) electrons. The first kappa shape index (κ1) is 17.8. The third-order valence-electron chi connectivity index (χ3n) is 4.68. The zero-order chi connectivity index (χ0) is 18.0. The molecule has 26 heavy (non-hydrogen) atoms. The van der Waals surface area contributed by atoms with E-state index in [0.717, 1.165) is 6.54 Å². The van der Waals surface area contributed by atoms with Crippen LogP contribution in [0.5, 0.6) is 0 Å². The Balaban J connectivity index is 2.01. The highest BCUT2D eigenvalue weighted by Gasteiger charge is 2.56. The molecule has 0 spiro atoms. The van der Waals surface area contributed by atoms with Crippen molar-refractivity contribution in [2.45, 2.75) is 19.4 Å². The first-order valence-corrected chi connectivity index (χ1v) is 11.4. The maximum absolute atomic E-state index is 3.63. The summed E-state index contributed by atoms with van der Waals surface area (Å²) in [6.45, 7) is 5.54. The average molecular weight is 379 g/mol. The second-order valence-electron chi connectivity index (χ2n) is 7.23. The number of hydrogen-bond donors (Lipinski definition) is 1. The third-order valence-corrected chi connectivity index (χ3v) is 10.6. The van der Waals surface area contributed by atoms with Crippen molar-refractivity contribution in [2.75, 3.05) is 6.54 Å².